The number of hydrogen-bond acceptors (Lipinski definition) is 3. The van der Waals surface area contributed by atoms with E-state index in [0.717, 1.165) is 0 Å². The molecule has 1 heterocycles. The molecule has 0 amide bonds. The lowest BCUT2D eigenvalue weighted by molar-refractivity contribution is -0.0440. The maximum Gasteiger partial charge on any atom is 0.244 e. The summed E-state index contributed by atoms with van der Waals surface area (Å²) >= 11 is 17.9. The number of sulfonamides is 1. The molecular formula is C13H16Cl3NO3S. The van der Waals surface area contributed by atoms with Crippen molar-refractivity contribution in [2.75, 3.05) is 13.1 Å². The molecule has 1 saturated heterocycles. The number of nitrogens with zero attached hydrogens (tertiary/aromatic N) is 1. The van der Waals surface area contributed by atoms with Crippen LogP contribution in [0.3, 0.4) is 0 Å². The van der Waals surface area contributed by atoms with Gasteiger partial charge in [0.25, 0.3) is 0 Å². The molecule has 2 rings (SSSR count). The largest absolute Gasteiger partial charge is 0.373 e. The van der Waals surface area contributed by atoms with Crippen molar-refractivity contribution in [3.05, 3.63) is 27.7 Å². The molecule has 8 heteroatoms. The zero-order valence-corrected chi connectivity index (χ0v) is 14.7. The van der Waals surface area contributed by atoms with E-state index < -0.39 is 10.0 Å². The molecule has 0 unspecified atom stereocenters. The first-order chi connectivity index (χ1) is 9.75. The molecule has 0 aliphatic carbocycles. The third-order valence-electron chi connectivity index (χ3n) is 3.23. The van der Waals surface area contributed by atoms with Gasteiger partial charge in [0.15, 0.2) is 0 Å². The summed E-state index contributed by atoms with van der Waals surface area (Å²) in [4.78, 5) is -0.00591. The maximum atomic E-state index is 12.8. The van der Waals surface area contributed by atoms with Crippen LogP contribution in [0.4, 0.5) is 0 Å². The number of morpholine rings is 1. The Balaban J connectivity index is 2.47. The Morgan fingerprint density at radius 3 is 2.33 bits per heavy atom. The van der Waals surface area contributed by atoms with Gasteiger partial charge in [0.1, 0.15) is 4.90 Å². The van der Waals surface area contributed by atoms with Crippen LogP contribution in [-0.2, 0) is 20.6 Å². The Morgan fingerprint density at radius 1 is 1.24 bits per heavy atom. The van der Waals surface area contributed by atoms with Crippen LogP contribution in [0.25, 0.3) is 0 Å². The van der Waals surface area contributed by atoms with Crippen molar-refractivity contribution >= 4 is 44.8 Å². The fraction of sp³-hybridized carbons (Fsp3) is 0.538. The van der Waals surface area contributed by atoms with Gasteiger partial charge in [0.05, 0.1) is 17.2 Å². The van der Waals surface area contributed by atoms with Crippen molar-refractivity contribution in [2.45, 2.75) is 36.8 Å². The minimum atomic E-state index is -3.74. The monoisotopic (exact) mass is 371 g/mol. The van der Waals surface area contributed by atoms with Crippen molar-refractivity contribution in [1.82, 2.24) is 4.31 Å². The molecular weight excluding hydrogens is 357 g/mol. The van der Waals surface area contributed by atoms with Crippen LogP contribution in [0, 0.1) is 0 Å². The van der Waals surface area contributed by atoms with Crippen LogP contribution < -0.4 is 0 Å². The van der Waals surface area contributed by atoms with Crippen LogP contribution in [0.5, 0.6) is 0 Å². The van der Waals surface area contributed by atoms with Crippen LogP contribution in [-0.4, -0.2) is 38.0 Å². The van der Waals surface area contributed by atoms with Gasteiger partial charge < -0.3 is 4.74 Å². The quantitative estimate of drug-likeness (QED) is 0.763. The minimum absolute atomic E-state index is 0.00591. The lowest BCUT2D eigenvalue weighted by Gasteiger charge is -2.34. The Labute approximate surface area is 140 Å². The van der Waals surface area contributed by atoms with Crippen molar-refractivity contribution < 1.29 is 13.2 Å². The zero-order valence-electron chi connectivity index (χ0n) is 11.6. The molecule has 0 radical (unpaired) electrons. The van der Waals surface area contributed by atoms with Gasteiger partial charge in [-0.05, 0) is 31.5 Å². The Hall–Kier alpha value is -0.0400. The van der Waals surface area contributed by atoms with Crippen LogP contribution in [0.1, 0.15) is 19.4 Å². The predicted octanol–water partition coefficient (Wildman–Crippen LogP) is 3.53. The van der Waals surface area contributed by atoms with Gasteiger partial charge in [0.2, 0.25) is 10.0 Å². The van der Waals surface area contributed by atoms with Crippen LogP contribution in [0.2, 0.25) is 10.0 Å². The lowest BCUT2D eigenvalue weighted by Crippen LogP contribution is -2.48. The van der Waals surface area contributed by atoms with Gasteiger partial charge >= 0.3 is 0 Å². The molecule has 1 fully saturated rings. The van der Waals surface area contributed by atoms with E-state index in [1.54, 1.807) is 6.07 Å². The van der Waals surface area contributed by atoms with E-state index in [4.69, 9.17) is 39.5 Å². The molecule has 21 heavy (non-hydrogen) atoms. The second-order valence-electron chi connectivity index (χ2n) is 5.09. The van der Waals surface area contributed by atoms with E-state index in [1.807, 2.05) is 13.8 Å². The van der Waals surface area contributed by atoms with Gasteiger partial charge in [-0.2, -0.15) is 4.31 Å². The molecule has 0 saturated carbocycles. The molecule has 1 aromatic rings. The van der Waals surface area contributed by atoms with E-state index in [2.05, 4.69) is 0 Å². The molecule has 1 aliphatic rings. The highest BCUT2D eigenvalue weighted by Crippen LogP contribution is 2.33. The van der Waals surface area contributed by atoms with Gasteiger partial charge in [-0.15, -0.1) is 11.6 Å². The first kappa shape index (κ1) is 17.3. The first-order valence-corrected chi connectivity index (χ1v) is 9.18. The molecule has 0 spiro atoms. The second kappa shape index (κ2) is 6.60. The Kier molecular flexibility index (Phi) is 5.45. The topological polar surface area (TPSA) is 46.6 Å². The van der Waals surface area contributed by atoms with Crippen molar-refractivity contribution in [3.63, 3.8) is 0 Å². The molecule has 2 atom stereocenters. The van der Waals surface area contributed by atoms with E-state index in [1.165, 1.54) is 10.4 Å². The SMILES string of the molecule is C[C@@H]1CN(S(=O)(=O)c2cc(Cl)cc(CCl)c2Cl)C[C@H](C)O1. The summed E-state index contributed by atoms with van der Waals surface area (Å²) in [6, 6.07) is 2.93. The number of hydrogen-bond donors (Lipinski definition) is 0. The second-order valence-corrected chi connectivity index (χ2v) is 8.08. The van der Waals surface area contributed by atoms with E-state index >= 15 is 0 Å². The number of alkyl halides is 1. The zero-order chi connectivity index (χ0) is 15.8. The maximum absolute atomic E-state index is 12.8. The van der Waals surface area contributed by atoms with Gasteiger partial charge in [-0.25, -0.2) is 8.42 Å². The van der Waals surface area contributed by atoms with E-state index in [9.17, 15) is 8.42 Å². The Morgan fingerprint density at radius 2 is 1.81 bits per heavy atom. The molecule has 118 valence electrons. The third kappa shape index (κ3) is 3.66. The highest BCUT2D eigenvalue weighted by molar-refractivity contribution is 7.89. The van der Waals surface area contributed by atoms with Gasteiger partial charge in [0, 0.05) is 24.0 Å². The first-order valence-electron chi connectivity index (χ1n) is 6.45. The number of ether oxygens (including phenoxy) is 1. The number of halogens is 3. The normalized spacial score (nSPS) is 24.2. The molecule has 0 bridgehead atoms. The van der Waals surface area contributed by atoms with Crippen LogP contribution in [0.15, 0.2) is 17.0 Å². The summed E-state index contributed by atoms with van der Waals surface area (Å²) in [5.41, 5.74) is 0.499. The third-order valence-corrected chi connectivity index (χ3v) is 6.15. The average Bonchev–Trinajstić information content (AvgIpc) is 2.39. The smallest absolute Gasteiger partial charge is 0.244 e. The summed E-state index contributed by atoms with van der Waals surface area (Å²) < 4.78 is 32.5. The molecule has 0 N–H and O–H groups in total. The fourth-order valence-electron chi connectivity index (χ4n) is 2.37. The highest BCUT2D eigenvalue weighted by atomic mass is 35.5. The van der Waals surface area contributed by atoms with Gasteiger partial charge in [-0.1, -0.05) is 23.2 Å². The highest BCUT2D eigenvalue weighted by Gasteiger charge is 2.34. The summed E-state index contributed by atoms with van der Waals surface area (Å²) in [5.74, 6) is 0.0951. The Bertz CT molecular complexity index is 626. The van der Waals surface area contributed by atoms with Crippen molar-refractivity contribution in [3.8, 4) is 0 Å². The summed E-state index contributed by atoms with van der Waals surface area (Å²) in [6.07, 6.45) is -0.344. The fourth-order valence-corrected chi connectivity index (χ4v) is 5.15. The average molecular weight is 373 g/mol. The van der Waals surface area contributed by atoms with Crippen molar-refractivity contribution in [2.24, 2.45) is 0 Å². The summed E-state index contributed by atoms with van der Waals surface area (Å²) in [6.45, 7) is 4.24. The minimum Gasteiger partial charge on any atom is -0.373 e. The standard InChI is InChI=1S/C13H16Cl3NO3S/c1-8-6-17(7-9(2)20-8)21(18,19)12-4-11(15)3-10(5-14)13(12)16/h3-4,8-9H,5-7H2,1-2H3/t8-,9+. The summed E-state index contributed by atoms with van der Waals surface area (Å²) in [5, 5.41) is 0.421. The lowest BCUT2D eigenvalue weighted by atomic mass is 10.2. The number of benzene rings is 1. The van der Waals surface area contributed by atoms with E-state index in [0.29, 0.717) is 10.6 Å². The molecule has 4 nitrogen and oxygen atoms in total. The molecule has 1 aliphatic heterocycles. The predicted molar refractivity (Wildman–Crippen MR) is 84.8 cm³/mol. The summed E-state index contributed by atoms with van der Waals surface area (Å²) in [7, 11) is -3.74. The van der Waals surface area contributed by atoms with Crippen LogP contribution >= 0.6 is 34.8 Å². The van der Waals surface area contributed by atoms with Gasteiger partial charge in [-0.3, -0.25) is 0 Å². The van der Waals surface area contributed by atoms with Crippen molar-refractivity contribution in [1.29, 1.82) is 0 Å². The molecule has 0 aromatic heterocycles. The van der Waals surface area contributed by atoms with E-state index in [-0.39, 0.29) is 41.1 Å². The molecule has 1 aromatic carbocycles. The number of rotatable bonds is 3.